The van der Waals surface area contributed by atoms with E-state index in [1.165, 1.54) is 11.3 Å². The first-order chi connectivity index (χ1) is 7.88. The van der Waals surface area contributed by atoms with Crippen LogP contribution >= 0.6 is 11.3 Å². The second kappa shape index (κ2) is 3.73. The van der Waals surface area contributed by atoms with E-state index in [0.717, 1.165) is 21.5 Å². The Labute approximate surface area is 96.0 Å². The maximum Gasteiger partial charge on any atom is 0.134 e. The third kappa shape index (κ3) is 1.43. The number of hydrogen-bond acceptors (Lipinski definition) is 4. The van der Waals surface area contributed by atoms with Gasteiger partial charge in [0.1, 0.15) is 16.9 Å². The molecule has 0 atom stereocenters. The summed E-state index contributed by atoms with van der Waals surface area (Å²) < 4.78 is 5.45. The summed E-state index contributed by atoms with van der Waals surface area (Å²) in [7, 11) is 0. The minimum Gasteiger partial charge on any atom is -0.464 e. The molecule has 0 aliphatic rings. The first-order valence-corrected chi connectivity index (χ1v) is 5.78. The summed E-state index contributed by atoms with van der Waals surface area (Å²) >= 11 is 1.52. The number of para-hydroxylation sites is 1. The van der Waals surface area contributed by atoms with Gasteiger partial charge in [-0.15, -0.1) is 11.3 Å². The maximum absolute atomic E-state index is 8.98. The van der Waals surface area contributed by atoms with Crippen molar-refractivity contribution in [2.75, 3.05) is 0 Å². The number of thiazole rings is 1. The van der Waals surface area contributed by atoms with Crippen molar-refractivity contribution in [3.63, 3.8) is 0 Å². The van der Waals surface area contributed by atoms with E-state index in [1.807, 2.05) is 29.6 Å². The highest BCUT2D eigenvalue weighted by Gasteiger charge is 2.10. The van der Waals surface area contributed by atoms with E-state index >= 15 is 0 Å². The van der Waals surface area contributed by atoms with Crippen molar-refractivity contribution in [1.82, 2.24) is 4.98 Å². The van der Waals surface area contributed by atoms with Gasteiger partial charge in [0.25, 0.3) is 0 Å². The highest BCUT2D eigenvalue weighted by molar-refractivity contribution is 7.13. The minimum absolute atomic E-state index is 0.0215. The highest BCUT2D eigenvalue weighted by atomic mass is 32.1. The van der Waals surface area contributed by atoms with Crippen LogP contribution in [0.15, 0.2) is 40.3 Å². The van der Waals surface area contributed by atoms with Gasteiger partial charge in [0.05, 0.1) is 17.9 Å². The van der Waals surface area contributed by atoms with E-state index in [-0.39, 0.29) is 6.61 Å². The number of fused-ring (bicyclic) bond motifs is 1. The zero-order valence-corrected chi connectivity index (χ0v) is 9.20. The van der Waals surface area contributed by atoms with Gasteiger partial charge in [-0.2, -0.15) is 0 Å². The van der Waals surface area contributed by atoms with Crippen LogP contribution in [-0.4, -0.2) is 10.1 Å². The summed E-state index contributed by atoms with van der Waals surface area (Å²) in [5, 5.41) is 12.8. The second-order valence-corrected chi connectivity index (χ2v) is 4.31. The molecule has 3 rings (SSSR count). The molecule has 4 heteroatoms. The van der Waals surface area contributed by atoms with Gasteiger partial charge >= 0.3 is 0 Å². The van der Waals surface area contributed by atoms with Gasteiger partial charge in [0.15, 0.2) is 0 Å². The minimum atomic E-state index is -0.0215. The molecule has 2 heterocycles. The third-order valence-corrected chi connectivity index (χ3v) is 3.35. The van der Waals surface area contributed by atoms with E-state index < -0.39 is 0 Å². The van der Waals surface area contributed by atoms with E-state index in [0.29, 0.717) is 5.69 Å². The van der Waals surface area contributed by atoms with E-state index in [1.54, 1.807) is 6.26 Å². The Balaban J connectivity index is 2.18. The fourth-order valence-corrected chi connectivity index (χ4v) is 2.48. The number of benzene rings is 1. The smallest absolute Gasteiger partial charge is 0.134 e. The fourth-order valence-electron chi connectivity index (χ4n) is 1.65. The van der Waals surface area contributed by atoms with Gasteiger partial charge in [-0.3, -0.25) is 0 Å². The van der Waals surface area contributed by atoms with Crippen molar-refractivity contribution in [3.05, 3.63) is 41.6 Å². The highest BCUT2D eigenvalue weighted by Crippen LogP contribution is 2.32. The van der Waals surface area contributed by atoms with Crippen LogP contribution < -0.4 is 0 Å². The van der Waals surface area contributed by atoms with Gasteiger partial charge in [0.2, 0.25) is 0 Å². The molecule has 0 saturated carbocycles. The lowest BCUT2D eigenvalue weighted by atomic mass is 10.2. The Morgan fingerprint density at radius 1 is 1.31 bits per heavy atom. The molecular weight excluding hydrogens is 222 g/mol. The molecule has 2 aromatic heterocycles. The Morgan fingerprint density at radius 3 is 3.00 bits per heavy atom. The predicted octanol–water partition coefficient (Wildman–Crippen LogP) is 3.05. The quantitative estimate of drug-likeness (QED) is 0.737. The zero-order chi connectivity index (χ0) is 11.0. The molecule has 80 valence electrons. The molecule has 0 radical (unpaired) electrons. The molecule has 0 bridgehead atoms. The number of nitrogens with zero attached hydrogens (tertiary/aromatic N) is 1. The molecule has 0 amide bonds. The summed E-state index contributed by atoms with van der Waals surface area (Å²) in [4.78, 5) is 4.33. The zero-order valence-electron chi connectivity index (χ0n) is 8.38. The van der Waals surface area contributed by atoms with Gasteiger partial charge in [-0.25, -0.2) is 4.98 Å². The Morgan fingerprint density at radius 2 is 2.19 bits per heavy atom. The first kappa shape index (κ1) is 9.57. The van der Waals surface area contributed by atoms with Crippen molar-refractivity contribution in [3.8, 4) is 10.6 Å². The predicted molar refractivity (Wildman–Crippen MR) is 63.2 cm³/mol. The number of aromatic nitrogens is 1. The van der Waals surface area contributed by atoms with Crippen LogP contribution in [0.2, 0.25) is 0 Å². The molecule has 0 fully saturated rings. The molecule has 3 nitrogen and oxygen atoms in total. The molecule has 0 saturated heterocycles. The molecule has 1 aromatic carbocycles. The lowest BCUT2D eigenvalue weighted by molar-refractivity contribution is 0.278. The Hall–Kier alpha value is -1.65. The fraction of sp³-hybridized carbons (Fsp3) is 0.0833. The third-order valence-electron chi connectivity index (χ3n) is 2.43. The molecule has 1 N–H and O–H groups in total. The molecule has 16 heavy (non-hydrogen) atoms. The van der Waals surface area contributed by atoms with Crippen LogP contribution in [0, 0.1) is 0 Å². The van der Waals surface area contributed by atoms with Crippen molar-refractivity contribution in [2.45, 2.75) is 6.61 Å². The summed E-state index contributed by atoms with van der Waals surface area (Å²) in [6, 6.07) is 7.85. The first-order valence-electron chi connectivity index (χ1n) is 4.90. The van der Waals surface area contributed by atoms with Crippen LogP contribution in [0.25, 0.3) is 21.5 Å². The van der Waals surface area contributed by atoms with Crippen molar-refractivity contribution >= 4 is 22.3 Å². The van der Waals surface area contributed by atoms with E-state index in [9.17, 15) is 0 Å². The maximum atomic E-state index is 8.98. The summed E-state index contributed by atoms with van der Waals surface area (Å²) in [6.07, 6.45) is 1.71. The summed E-state index contributed by atoms with van der Waals surface area (Å²) in [6.45, 7) is -0.0215. The van der Waals surface area contributed by atoms with Gasteiger partial charge in [-0.05, 0) is 6.07 Å². The molecular formula is C12H9NO2S. The van der Waals surface area contributed by atoms with Crippen molar-refractivity contribution < 1.29 is 9.52 Å². The normalized spacial score (nSPS) is 11.1. The standard InChI is InChI=1S/C12H9NO2S/c14-5-8-7-16-12(13-8)10-6-15-11-4-2-1-3-9(10)11/h1-4,6-7,14H,5H2. The molecule has 0 aliphatic heterocycles. The van der Waals surface area contributed by atoms with Crippen molar-refractivity contribution in [2.24, 2.45) is 0 Å². The average Bonchev–Trinajstić information content (AvgIpc) is 2.94. The summed E-state index contributed by atoms with van der Waals surface area (Å²) in [5.41, 5.74) is 2.55. The van der Waals surface area contributed by atoms with Crippen molar-refractivity contribution in [1.29, 1.82) is 0 Å². The molecule has 0 spiro atoms. The number of rotatable bonds is 2. The SMILES string of the molecule is OCc1csc(-c2coc3ccccc23)n1. The monoisotopic (exact) mass is 231 g/mol. The van der Waals surface area contributed by atoms with Crippen LogP contribution in [0.4, 0.5) is 0 Å². The van der Waals surface area contributed by atoms with Crippen LogP contribution in [0.3, 0.4) is 0 Å². The Bertz CT molecular complexity index is 627. The number of aliphatic hydroxyl groups excluding tert-OH is 1. The largest absolute Gasteiger partial charge is 0.464 e. The summed E-state index contributed by atoms with van der Waals surface area (Å²) in [5.74, 6) is 0. The second-order valence-electron chi connectivity index (χ2n) is 3.45. The number of aliphatic hydroxyl groups is 1. The van der Waals surface area contributed by atoms with Crippen LogP contribution in [0.1, 0.15) is 5.69 Å². The van der Waals surface area contributed by atoms with Crippen LogP contribution in [-0.2, 0) is 6.61 Å². The lowest BCUT2D eigenvalue weighted by Crippen LogP contribution is -1.81. The van der Waals surface area contributed by atoms with E-state index in [4.69, 9.17) is 9.52 Å². The average molecular weight is 231 g/mol. The molecule has 0 aliphatic carbocycles. The van der Waals surface area contributed by atoms with Crippen LogP contribution in [0.5, 0.6) is 0 Å². The van der Waals surface area contributed by atoms with E-state index in [2.05, 4.69) is 4.98 Å². The number of furan rings is 1. The lowest BCUT2D eigenvalue weighted by Gasteiger charge is -1.91. The Kier molecular flexibility index (Phi) is 2.23. The van der Waals surface area contributed by atoms with Gasteiger partial charge in [0, 0.05) is 10.8 Å². The number of hydrogen-bond donors (Lipinski definition) is 1. The molecule has 0 unspecified atom stereocenters. The molecule has 3 aromatic rings. The van der Waals surface area contributed by atoms with Gasteiger partial charge < -0.3 is 9.52 Å². The topological polar surface area (TPSA) is 46.3 Å². The van der Waals surface area contributed by atoms with Gasteiger partial charge in [-0.1, -0.05) is 18.2 Å².